The number of carbonyl (C=O) groups excluding carboxylic acids is 1. The minimum atomic E-state index is 0.143. The molecule has 2 atom stereocenters. The van der Waals surface area contributed by atoms with Gasteiger partial charge < -0.3 is 10.1 Å². The van der Waals surface area contributed by atoms with Gasteiger partial charge in [0.15, 0.2) is 0 Å². The van der Waals surface area contributed by atoms with E-state index in [0.29, 0.717) is 18.3 Å². The first-order valence-corrected chi connectivity index (χ1v) is 9.10. The molecular formula is C17H28N2O2S. The summed E-state index contributed by atoms with van der Waals surface area (Å²) in [5, 5.41) is 5.27. The largest absolute Gasteiger partial charge is 0.380 e. The molecule has 0 aliphatic carbocycles. The molecule has 0 saturated carbocycles. The Kier molecular flexibility index (Phi) is 6.86. The molecule has 4 nitrogen and oxygen atoms in total. The van der Waals surface area contributed by atoms with Gasteiger partial charge in [0.05, 0.1) is 13.0 Å². The SMILES string of the molecule is CCOCCN1C[C@@H](NC(=O)Cc2cccs2)[C@H](C(C)C)C1. The molecule has 1 aliphatic heterocycles. The first kappa shape index (κ1) is 17.4. The van der Waals surface area contributed by atoms with Crippen molar-refractivity contribution in [3.05, 3.63) is 22.4 Å². The smallest absolute Gasteiger partial charge is 0.225 e. The lowest BCUT2D eigenvalue weighted by Gasteiger charge is -2.22. The summed E-state index contributed by atoms with van der Waals surface area (Å²) in [7, 11) is 0. The van der Waals surface area contributed by atoms with E-state index in [2.05, 4.69) is 24.1 Å². The molecule has 1 saturated heterocycles. The van der Waals surface area contributed by atoms with Crippen molar-refractivity contribution < 1.29 is 9.53 Å². The van der Waals surface area contributed by atoms with Crippen LogP contribution in [0.3, 0.4) is 0 Å². The van der Waals surface area contributed by atoms with Crippen LogP contribution in [0, 0.1) is 11.8 Å². The Morgan fingerprint density at radius 2 is 2.32 bits per heavy atom. The second-order valence-corrected chi connectivity index (χ2v) is 7.33. The Balaban J connectivity index is 1.85. The van der Waals surface area contributed by atoms with Gasteiger partial charge in [-0.2, -0.15) is 0 Å². The van der Waals surface area contributed by atoms with Crippen LogP contribution in [-0.2, 0) is 16.0 Å². The Bertz CT molecular complexity index is 448. The molecule has 2 rings (SSSR count). The van der Waals surface area contributed by atoms with Crippen molar-refractivity contribution in [2.75, 3.05) is 32.8 Å². The predicted octanol–water partition coefficient (Wildman–Crippen LogP) is 2.40. The Morgan fingerprint density at radius 3 is 2.95 bits per heavy atom. The maximum Gasteiger partial charge on any atom is 0.225 e. The van der Waals surface area contributed by atoms with E-state index < -0.39 is 0 Å². The zero-order valence-corrected chi connectivity index (χ0v) is 14.7. The van der Waals surface area contributed by atoms with Crippen LogP contribution in [0.4, 0.5) is 0 Å². The van der Waals surface area contributed by atoms with Crippen LogP contribution in [0.15, 0.2) is 17.5 Å². The van der Waals surface area contributed by atoms with Crippen molar-refractivity contribution in [3.63, 3.8) is 0 Å². The molecule has 22 heavy (non-hydrogen) atoms. The quantitative estimate of drug-likeness (QED) is 0.747. The first-order chi connectivity index (χ1) is 10.6. The summed E-state index contributed by atoms with van der Waals surface area (Å²) >= 11 is 1.64. The van der Waals surface area contributed by atoms with E-state index >= 15 is 0 Å². The molecule has 0 bridgehead atoms. The topological polar surface area (TPSA) is 41.6 Å². The molecule has 1 aromatic rings. The van der Waals surface area contributed by atoms with Crippen LogP contribution in [0.1, 0.15) is 25.6 Å². The van der Waals surface area contributed by atoms with E-state index in [4.69, 9.17) is 4.74 Å². The maximum absolute atomic E-state index is 12.3. The standard InChI is InChI=1S/C17H28N2O2S/c1-4-21-8-7-19-11-15(13(2)3)16(12-19)18-17(20)10-14-6-5-9-22-14/h5-6,9,13,15-16H,4,7-8,10-12H2,1-3H3,(H,18,20)/t15-,16+/m0/s1. The summed E-state index contributed by atoms with van der Waals surface area (Å²) in [5.41, 5.74) is 0. The lowest BCUT2D eigenvalue weighted by Crippen LogP contribution is -2.42. The normalized spacial score (nSPS) is 22.4. The number of amides is 1. The summed E-state index contributed by atoms with van der Waals surface area (Å²) in [6.07, 6.45) is 0.498. The number of thiophene rings is 1. The van der Waals surface area contributed by atoms with Crippen molar-refractivity contribution in [2.45, 2.75) is 33.2 Å². The van der Waals surface area contributed by atoms with Crippen molar-refractivity contribution >= 4 is 17.2 Å². The first-order valence-electron chi connectivity index (χ1n) is 8.22. The summed E-state index contributed by atoms with van der Waals surface area (Å²) in [5.74, 6) is 1.24. The van der Waals surface area contributed by atoms with Crippen LogP contribution in [-0.4, -0.2) is 49.7 Å². The van der Waals surface area contributed by atoms with E-state index in [1.54, 1.807) is 11.3 Å². The fourth-order valence-corrected chi connectivity index (χ4v) is 3.79. The number of nitrogens with zero attached hydrogens (tertiary/aromatic N) is 1. The monoisotopic (exact) mass is 324 g/mol. The van der Waals surface area contributed by atoms with Crippen molar-refractivity contribution in [3.8, 4) is 0 Å². The second kappa shape index (κ2) is 8.65. The molecule has 1 amide bonds. The maximum atomic E-state index is 12.3. The zero-order chi connectivity index (χ0) is 15.9. The molecule has 0 aromatic carbocycles. The molecule has 5 heteroatoms. The highest BCUT2D eigenvalue weighted by atomic mass is 32.1. The average molecular weight is 324 g/mol. The van der Waals surface area contributed by atoms with Crippen LogP contribution in [0.2, 0.25) is 0 Å². The van der Waals surface area contributed by atoms with Crippen LogP contribution >= 0.6 is 11.3 Å². The van der Waals surface area contributed by atoms with Crippen molar-refractivity contribution in [1.82, 2.24) is 10.2 Å². The highest BCUT2D eigenvalue weighted by Gasteiger charge is 2.35. The van der Waals surface area contributed by atoms with Gasteiger partial charge in [0.2, 0.25) is 5.91 Å². The molecule has 0 spiro atoms. The molecule has 1 aromatic heterocycles. The predicted molar refractivity (Wildman–Crippen MR) is 91.2 cm³/mol. The van der Waals surface area contributed by atoms with E-state index in [1.165, 1.54) is 0 Å². The van der Waals surface area contributed by atoms with E-state index in [0.717, 1.165) is 37.7 Å². The zero-order valence-electron chi connectivity index (χ0n) is 13.9. The number of carbonyl (C=O) groups is 1. The summed E-state index contributed by atoms with van der Waals surface area (Å²) in [4.78, 5) is 15.8. The minimum Gasteiger partial charge on any atom is -0.380 e. The van der Waals surface area contributed by atoms with E-state index in [-0.39, 0.29) is 11.9 Å². The average Bonchev–Trinajstić information content (AvgIpc) is 3.09. The fourth-order valence-electron chi connectivity index (χ4n) is 3.09. The van der Waals surface area contributed by atoms with Crippen molar-refractivity contribution in [2.24, 2.45) is 11.8 Å². The molecule has 0 unspecified atom stereocenters. The molecule has 1 aliphatic rings. The van der Waals surface area contributed by atoms with E-state index in [9.17, 15) is 4.79 Å². The Morgan fingerprint density at radius 1 is 1.50 bits per heavy atom. The van der Waals surface area contributed by atoms with Gasteiger partial charge >= 0.3 is 0 Å². The summed E-state index contributed by atoms with van der Waals surface area (Å²) in [6, 6.07) is 4.27. The number of hydrogen-bond acceptors (Lipinski definition) is 4. The third-order valence-electron chi connectivity index (χ3n) is 4.31. The third kappa shape index (κ3) is 5.07. The van der Waals surface area contributed by atoms with Gasteiger partial charge in [-0.3, -0.25) is 9.69 Å². The summed E-state index contributed by atoms with van der Waals surface area (Å²) in [6.45, 7) is 11.0. The number of rotatable bonds is 8. The lowest BCUT2D eigenvalue weighted by atomic mass is 9.91. The second-order valence-electron chi connectivity index (χ2n) is 6.29. The van der Waals surface area contributed by atoms with Gasteiger partial charge in [-0.15, -0.1) is 11.3 Å². The van der Waals surface area contributed by atoms with Gasteiger partial charge in [0.1, 0.15) is 0 Å². The van der Waals surface area contributed by atoms with Gasteiger partial charge in [0, 0.05) is 37.2 Å². The van der Waals surface area contributed by atoms with Gasteiger partial charge in [-0.1, -0.05) is 19.9 Å². The third-order valence-corrected chi connectivity index (χ3v) is 5.19. The number of ether oxygens (including phenoxy) is 1. The molecule has 0 radical (unpaired) electrons. The summed E-state index contributed by atoms with van der Waals surface area (Å²) < 4.78 is 5.45. The van der Waals surface area contributed by atoms with Crippen LogP contribution in [0.25, 0.3) is 0 Å². The number of nitrogens with one attached hydrogen (secondary N) is 1. The number of likely N-dealkylation sites (tertiary alicyclic amines) is 1. The molecule has 2 heterocycles. The van der Waals surface area contributed by atoms with E-state index in [1.807, 2.05) is 24.4 Å². The Labute approximate surface area is 137 Å². The van der Waals surface area contributed by atoms with Crippen molar-refractivity contribution in [1.29, 1.82) is 0 Å². The lowest BCUT2D eigenvalue weighted by molar-refractivity contribution is -0.121. The highest BCUT2D eigenvalue weighted by molar-refractivity contribution is 7.10. The molecular weight excluding hydrogens is 296 g/mol. The Hall–Kier alpha value is -0.910. The fraction of sp³-hybridized carbons (Fsp3) is 0.706. The number of hydrogen-bond donors (Lipinski definition) is 1. The molecule has 1 fully saturated rings. The molecule has 124 valence electrons. The van der Waals surface area contributed by atoms with Crippen LogP contribution < -0.4 is 5.32 Å². The highest BCUT2D eigenvalue weighted by Crippen LogP contribution is 2.24. The van der Waals surface area contributed by atoms with Gasteiger partial charge in [-0.25, -0.2) is 0 Å². The van der Waals surface area contributed by atoms with Gasteiger partial charge in [-0.05, 0) is 30.2 Å². The minimum absolute atomic E-state index is 0.143. The van der Waals surface area contributed by atoms with Crippen LogP contribution in [0.5, 0.6) is 0 Å². The van der Waals surface area contributed by atoms with Gasteiger partial charge in [0.25, 0.3) is 0 Å². The molecule has 1 N–H and O–H groups in total.